The fraction of sp³-hybridized carbons (Fsp3) is 0.143. The number of rotatable bonds is 2. The zero-order valence-corrected chi connectivity index (χ0v) is 7.95. The lowest BCUT2D eigenvalue weighted by atomic mass is 10.4. The maximum atomic E-state index is 12.4. The molecule has 0 bridgehead atoms. The van der Waals surface area contributed by atoms with Crippen molar-refractivity contribution in [3.05, 3.63) is 30.1 Å². The minimum absolute atomic E-state index is 0.368. The smallest absolute Gasteiger partial charge is 0.203 e. The van der Waals surface area contributed by atoms with Gasteiger partial charge in [-0.2, -0.15) is 0 Å². The Kier molecular flexibility index (Phi) is 2.74. The monoisotopic (exact) mass is 206 g/mol. The fourth-order valence-corrected chi connectivity index (χ4v) is 2.64. The highest BCUT2D eigenvalue weighted by atomic mass is 33.1. The molecule has 1 rings (SSSR count). The van der Waals surface area contributed by atoms with Crippen molar-refractivity contribution < 1.29 is 12.8 Å². The van der Waals surface area contributed by atoms with Gasteiger partial charge in [-0.25, -0.2) is 12.8 Å². The van der Waals surface area contributed by atoms with Crippen molar-refractivity contribution in [3.63, 3.8) is 0 Å². The summed E-state index contributed by atoms with van der Waals surface area (Å²) in [6.07, 6.45) is 1.11. The Bertz CT molecular complexity index is 355. The summed E-state index contributed by atoms with van der Waals surface area (Å²) in [4.78, 5) is 0.527. The first-order chi connectivity index (χ1) is 5.47. The van der Waals surface area contributed by atoms with Crippen molar-refractivity contribution in [2.24, 2.45) is 0 Å². The van der Waals surface area contributed by atoms with E-state index in [0.717, 1.165) is 6.26 Å². The van der Waals surface area contributed by atoms with E-state index in [1.165, 1.54) is 24.3 Å². The van der Waals surface area contributed by atoms with Gasteiger partial charge < -0.3 is 0 Å². The van der Waals surface area contributed by atoms with Crippen molar-refractivity contribution in [3.8, 4) is 0 Å². The second-order valence-electron chi connectivity index (χ2n) is 2.24. The number of hydrogen-bond acceptors (Lipinski definition) is 3. The minimum Gasteiger partial charge on any atom is -0.217 e. The lowest BCUT2D eigenvalue weighted by molar-refractivity contribution is 0.615. The van der Waals surface area contributed by atoms with Crippen LogP contribution in [0.4, 0.5) is 4.39 Å². The van der Waals surface area contributed by atoms with Crippen LogP contribution in [0.1, 0.15) is 0 Å². The van der Waals surface area contributed by atoms with E-state index in [9.17, 15) is 12.8 Å². The van der Waals surface area contributed by atoms with E-state index in [0.29, 0.717) is 15.7 Å². The lowest BCUT2D eigenvalue weighted by Crippen LogP contribution is -1.87. The SMILES string of the molecule is CS(=O)(=O)Sc1ccc(F)cc1. The lowest BCUT2D eigenvalue weighted by Gasteiger charge is -1.96. The van der Waals surface area contributed by atoms with E-state index in [1.807, 2.05) is 0 Å². The molecule has 0 heterocycles. The molecule has 66 valence electrons. The number of benzene rings is 1. The van der Waals surface area contributed by atoms with Crippen LogP contribution in [0.3, 0.4) is 0 Å². The molecule has 0 aliphatic heterocycles. The van der Waals surface area contributed by atoms with Crippen molar-refractivity contribution >= 4 is 19.7 Å². The average molecular weight is 206 g/mol. The molecular weight excluding hydrogens is 199 g/mol. The highest BCUT2D eigenvalue weighted by Crippen LogP contribution is 2.22. The Labute approximate surface area is 74.1 Å². The van der Waals surface area contributed by atoms with E-state index >= 15 is 0 Å². The Morgan fingerprint density at radius 1 is 1.25 bits per heavy atom. The molecule has 12 heavy (non-hydrogen) atoms. The fourth-order valence-electron chi connectivity index (χ4n) is 0.665. The quantitative estimate of drug-likeness (QED) is 0.693. The van der Waals surface area contributed by atoms with Crippen LogP contribution in [-0.4, -0.2) is 14.7 Å². The Balaban J connectivity index is 2.85. The van der Waals surface area contributed by atoms with Crippen LogP contribution < -0.4 is 0 Å². The summed E-state index contributed by atoms with van der Waals surface area (Å²) < 4.78 is 33.9. The van der Waals surface area contributed by atoms with Crippen molar-refractivity contribution in [1.29, 1.82) is 0 Å². The van der Waals surface area contributed by atoms with Crippen LogP contribution in [-0.2, 0) is 8.87 Å². The molecule has 0 N–H and O–H groups in total. The van der Waals surface area contributed by atoms with Gasteiger partial charge in [-0.3, -0.25) is 0 Å². The van der Waals surface area contributed by atoms with Gasteiger partial charge in [0.25, 0.3) is 0 Å². The molecule has 0 aliphatic rings. The van der Waals surface area contributed by atoms with Crippen LogP contribution in [0.5, 0.6) is 0 Å². The standard InChI is InChI=1S/C7H7FO2S2/c1-12(9,10)11-7-4-2-6(8)3-5-7/h2-5H,1H3. The molecule has 0 saturated heterocycles. The maximum Gasteiger partial charge on any atom is 0.203 e. The second kappa shape index (κ2) is 3.45. The summed E-state index contributed by atoms with van der Waals surface area (Å²) in [6.45, 7) is 0. The normalized spacial score (nSPS) is 11.5. The first-order valence-corrected chi connectivity index (χ1v) is 6.35. The first-order valence-electron chi connectivity index (χ1n) is 3.12. The Hall–Kier alpha value is -0.550. The molecule has 0 amide bonds. The number of halogens is 1. The van der Waals surface area contributed by atoms with Crippen LogP contribution in [0.15, 0.2) is 29.2 Å². The molecule has 0 atom stereocenters. The topological polar surface area (TPSA) is 34.1 Å². The molecule has 0 radical (unpaired) electrons. The van der Waals surface area contributed by atoms with Crippen LogP contribution in [0.2, 0.25) is 0 Å². The van der Waals surface area contributed by atoms with Crippen molar-refractivity contribution in [1.82, 2.24) is 0 Å². The Morgan fingerprint density at radius 2 is 1.75 bits per heavy atom. The zero-order valence-electron chi connectivity index (χ0n) is 6.32. The van der Waals surface area contributed by atoms with Gasteiger partial charge in [-0.15, -0.1) is 0 Å². The first kappa shape index (κ1) is 9.54. The van der Waals surface area contributed by atoms with E-state index in [1.54, 1.807) is 0 Å². The Morgan fingerprint density at radius 3 is 2.17 bits per heavy atom. The second-order valence-corrected chi connectivity index (χ2v) is 6.60. The zero-order chi connectivity index (χ0) is 9.19. The summed E-state index contributed by atoms with van der Waals surface area (Å²) >= 11 is 0. The third-order valence-corrected chi connectivity index (χ3v) is 3.31. The molecule has 0 aliphatic carbocycles. The van der Waals surface area contributed by atoms with Gasteiger partial charge in [0.15, 0.2) is 0 Å². The molecule has 0 unspecified atom stereocenters. The molecule has 2 nitrogen and oxygen atoms in total. The molecule has 0 saturated carbocycles. The van der Waals surface area contributed by atoms with Gasteiger partial charge in [0.05, 0.1) is 0 Å². The summed E-state index contributed by atoms with van der Waals surface area (Å²) in [6, 6.07) is 5.32. The summed E-state index contributed by atoms with van der Waals surface area (Å²) in [5, 5.41) is 0. The summed E-state index contributed by atoms with van der Waals surface area (Å²) in [7, 11) is -2.38. The average Bonchev–Trinajstić information content (AvgIpc) is 1.91. The van der Waals surface area contributed by atoms with E-state index in [2.05, 4.69) is 0 Å². The predicted octanol–water partition coefficient (Wildman–Crippen LogP) is 1.88. The van der Waals surface area contributed by atoms with Crippen LogP contribution in [0, 0.1) is 5.82 Å². The van der Waals surface area contributed by atoms with Gasteiger partial charge in [0.2, 0.25) is 8.87 Å². The van der Waals surface area contributed by atoms with E-state index in [4.69, 9.17) is 0 Å². The van der Waals surface area contributed by atoms with Gasteiger partial charge in [-0.1, -0.05) is 0 Å². The predicted molar refractivity (Wildman–Crippen MR) is 47.1 cm³/mol. The minimum atomic E-state index is -3.10. The van der Waals surface area contributed by atoms with Crippen LogP contribution in [0.25, 0.3) is 0 Å². The molecule has 0 fully saturated rings. The van der Waals surface area contributed by atoms with Gasteiger partial charge in [-0.05, 0) is 24.3 Å². The maximum absolute atomic E-state index is 12.4. The van der Waals surface area contributed by atoms with Gasteiger partial charge in [0.1, 0.15) is 5.82 Å². The van der Waals surface area contributed by atoms with Crippen molar-refractivity contribution in [2.45, 2.75) is 4.90 Å². The molecule has 0 aromatic heterocycles. The highest BCUT2D eigenvalue weighted by Gasteiger charge is 2.04. The molecule has 5 heteroatoms. The number of hydrogen-bond donors (Lipinski definition) is 0. The molecule has 1 aromatic rings. The van der Waals surface area contributed by atoms with Gasteiger partial charge >= 0.3 is 0 Å². The van der Waals surface area contributed by atoms with Gasteiger partial charge in [0, 0.05) is 21.9 Å². The van der Waals surface area contributed by atoms with Crippen LogP contribution >= 0.6 is 10.8 Å². The summed E-state index contributed by atoms with van der Waals surface area (Å²) in [5.74, 6) is -0.368. The third-order valence-electron chi connectivity index (χ3n) is 1.06. The van der Waals surface area contributed by atoms with E-state index < -0.39 is 8.87 Å². The largest absolute Gasteiger partial charge is 0.217 e. The molecular formula is C7H7FO2S2. The highest BCUT2D eigenvalue weighted by molar-refractivity contribution is 8.71. The molecule has 0 spiro atoms. The summed E-state index contributed by atoms with van der Waals surface area (Å²) in [5.41, 5.74) is 0. The third kappa shape index (κ3) is 3.23. The molecule has 1 aromatic carbocycles. The van der Waals surface area contributed by atoms with E-state index in [-0.39, 0.29) is 5.82 Å². The van der Waals surface area contributed by atoms with Crippen molar-refractivity contribution in [2.75, 3.05) is 6.26 Å².